The number of nitrogens with one attached hydrogen (secondary N) is 2. The molecule has 2 N–H and O–H groups in total. The fourth-order valence-corrected chi connectivity index (χ4v) is 2.32. The maximum Gasteiger partial charge on any atom is 0.240 e. The lowest BCUT2D eigenvalue weighted by molar-refractivity contribution is -0.127. The van der Waals surface area contributed by atoms with Crippen LogP contribution in [0.25, 0.3) is 0 Å². The van der Waals surface area contributed by atoms with E-state index in [9.17, 15) is 4.79 Å². The Bertz CT molecular complexity index is 372. The van der Waals surface area contributed by atoms with Crippen molar-refractivity contribution in [1.82, 2.24) is 15.6 Å². The van der Waals surface area contributed by atoms with Crippen LogP contribution in [-0.2, 0) is 11.3 Å². The second-order valence-corrected chi connectivity index (χ2v) is 4.51. The van der Waals surface area contributed by atoms with Gasteiger partial charge in [-0.2, -0.15) is 0 Å². The van der Waals surface area contributed by atoms with E-state index in [-0.39, 0.29) is 11.4 Å². The molecule has 4 heteroatoms. The second-order valence-electron chi connectivity index (χ2n) is 4.51. The zero-order valence-corrected chi connectivity index (χ0v) is 10.2. The Balaban J connectivity index is 1.93. The highest BCUT2D eigenvalue weighted by atomic mass is 16.2. The molecule has 0 spiro atoms. The molecule has 2 rings (SSSR count). The smallest absolute Gasteiger partial charge is 0.240 e. The lowest BCUT2D eigenvalue weighted by Gasteiger charge is -2.26. The average molecular weight is 233 g/mol. The number of hydrogen-bond donors (Lipinski definition) is 2. The standard InChI is InChI=1S/C13H19N3O/c1-2-13(6-4-8-16-13)12(17)15-10-11-5-3-7-14-9-11/h3,5,7,9,16H,2,4,6,8,10H2,1H3,(H,15,17). The largest absolute Gasteiger partial charge is 0.350 e. The first-order valence-corrected chi connectivity index (χ1v) is 6.19. The predicted octanol–water partition coefficient (Wildman–Crippen LogP) is 1.23. The van der Waals surface area contributed by atoms with Gasteiger partial charge in [-0.3, -0.25) is 9.78 Å². The molecule has 1 aromatic heterocycles. The third-order valence-electron chi connectivity index (χ3n) is 3.46. The molecule has 0 aliphatic carbocycles. The molecular formula is C13H19N3O. The molecule has 1 fully saturated rings. The third-order valence-corrected chi connectivity index (χ3v) is 3.46. The summed E-state index contributed by atoms with van der Waals surface area (Å²) >= 11 is 0. The van der Waals surface area contributed by atoms with Crippen LogP contribution in [0.1, 0.15) is 31.7 Å². The molecule has 1 amide bonds. The highest BCUT2D eigenvalue weighted by molar-refractivity contribution is 5.86. The lowest BCUT2D eigenvalue weighted by Crippen LogP contribution is -2.52. The van der Waals surface area contributed by atoms with Gasteiger partial charge in [0.05, 0.1) is 5.54 Å². The SMILES string of the molecule is CCC1(C(=O)NCc2cccnc2)CCCN1. The fourth-order valence-electron chi connectivity index (χ4n) is 2.32. The van der Waals surface area contributed by atoms with Gasteiger partial charge in [-0.15, -0.1) is 0 Å². The van der Waals surface area contributed by atoms with Crippen molar-refractivity contribution in [3.8, 4) is 0 Å². The molecule has 4 nitrogen and oxygen atoms in total. The molecule has 2 heterocycles. The summed E-state index contributed by atoms with van der Waals surface area (Å²) in [5.74, 6) is 0.112. The summed E-state index contributed by atoms with van der Waals surface area (Å²) in [4.78, 5) is 16.2. The third kappa shape index (κ3) is 2.64. The van der Waals surface area contributed by atoms with Gasteiger partial charge in [0.2, 0.25) is 5.91 Å². The van der Waals surface area contributed by atoms with Gasteiger partial charge in [-0.1, -0.05) is 13.0 Å². The number of carbonyl (C=O) groups is 1. The molecule has 0 saturated carbocycles. The van der Waals surface area contributed by atoms with Crippen LogP contribution in [0, 0.1) is 0 Å². The van der Waals surface area contributed by atoms with Gasteiger partial charge in [0.25, 0.3) is 0 Å². The van der Waals surface area contributed by atoms with Gasteiger partial charge in [0, 0.05) is 18.9 Å². The molecule has 1 unspecified atom stereocenters. The Morgan fingerprint density at radius 3 is 3.12 bits per heavy atom. The van der Waals surface area contributed by atoms with E-state index in [0.717, 1.165) is 31.4 Å². The van der Waals surface area contributed by atoms with Gasteiger partial charge in [-0.25, -0.2) is 0 Å². The quantitative estimate of drug-likeness (QED) is 0.822. The molecular weight excluding hydrogens is 214 g/mol. The van der Waals surface area contributed by atoms with Gasteiger partial charge in [0.1, 0.15) is 0 Å². The van der Waals surface area contributed by atoms with Crippen LogP contribution in [0.15, 0.2) is 24.5 Å². The Morgan fingerprint density at radius 2 is 2.53 bits per heavy atom. The van der Waals surface area contributed by atoms with E-state index in [1.807, 2.05) is 12.1 Å². The number of amides is 1. The summed E-state index contributed by atoms with van der Waals surface area (Å²) in [5.41, 5.74) is 0.687. The minimum absolute atomic E-state index is 0.112. The van der Waals surface area contributed by atoms with E-state index in [2.05, 4.69) is 22.5 Å². The number of carbonyl (C=O) groups excluding carboxylic acids is 1. The van der Waals surface area contributed by atoms with E-state index < -0.39 is 0 Å². The van der Waals surface area contributed by atoms with E-state index in [1.54, 1.807) is 12.4 Å². The molecule has 17 heavy (non-hydrogen) atoms. The fraction of sp³-hybridized carbons (Fsp3) is 0.538. The van der Waals surface area contributed by atoms with Crippen LogP contribution in [0.3, 0.4) is 0 Å². The van der Waals surface area contributed by atoms with Crippen LogP contribution in [0.4, 0.5) is 0 Å². The predicted molar refractivity (Wildman–Crippen MR) is 66.3 cm³/mol. The van der Waals surface area contributed by atoms with Crippen molar-refractivity contribution in [2.24, 2.45) is 0 Å². The van der Waals surface area contributed by atoms with Crippen LogP contribution in [0.2, 0.25) is 0 Å². The number of aromatic nitrogens is 1. The molecule has 1 aromatic rings. The van der Waals surface area contributed by atoms with Crippen LogP contribution in [-0.4, -0.2) is 23.0 Å². The van der Waals surface area contributed by atoms with Crippen LogP contribution < -0.4 is 10.6 Å². The highest BCUT2D eigenvalue weighted by Crippen LogP contribution is 2.23. The lowest BCUT2D eigenvalue weighted by atomic mass is 9.93. The van der Waals surface area contributed by atoms with Crippen molar-refractivity contribution in [1.29, 1.82) is 0 Å². The monoisotopic (exact) mass is 233 g/mol. The Kier molecular flexibility index (Phi) is 3.74. The summed E-state index contributed by atoms with van der Waals surface area (Å²) < 4.78 is 0. The first kappa shape index (κ1) is 12.0. The molecule has 0 radical (unpaired) electrons. The van der Waals surface area contributed by atoms with Crippen LogP contribution >= 0.6 is 0 Å². The van der Waals surface area contributed by atoms with E-state index in [4.69, 9.17) is 0 Å². The second kappa shape index (κ2) is 5.27. The number of nitrogens with zero attached hydrogens (tertiary/aromatic N) is 1. The van der Waals surface area contributed by atoms with Gasteiger partial charge in [0.15, 0.2) is 0 Å². The number of rotatable bonds is 4. The molecule has 0 bridgehead atoms. The zero-order chi connectivity index (χ0) is 12.1. The molecule has 1 aliphatic rings. The van der Waals surface area contributed by atoms with Crippen LogP contribution in [0.5, 0.6) is 0 Å². The summed E-state index contributed by atoms with van der Waals surface area (Å²) in [5, 5.41) is 6.32. The topological polar surface area (TPSA) is 54.0 Å². The Morgan fingerprint density at radius 1 is 1.65 bits per heavy atom. The molecule has 1 atom stereocenters. The average Bonchev–Trinajstić information content (AvgIpc) is 2.87. The normalized spacial score (nSPS) is 23.6. The van der Waals surface area contributed by atoms with Gasteiger partial charge in [-0.05, 0) is 37.4 Å². The van der Waals surface area contributed by atoms with E-state index in [1.165, 1.54) is 0 Å². The number of pyridine rings is 1. The van der Waals surface area contributed by atoms with Gasteiger partial charge < -0.3 is 10.6 Å². The van der Waals surface area contributed by atoms with E-state index >= 15 is 0 Å². The van der Waals surface area contributed by atoms with Crippen molar-refractivity contribution >= 4 is 5.91 Å². The highest BCUT2D eigenvalue weighted by Gasteiger charge is 2.38. The summed E-state index contributed by atoms with van der Waals surface area (Å²) in [6.45, 7) is 3.55. The van der Waals surface area contributed by atoms with Crippen molar-refractivity contribution < 1.29 is 4.79 Å². The Labute approximate surface area is 102 Å². The van der Waals surface area contributed by atoms with Crippen molar-refractivity contribution in [3.63, 3.8) is 0 Å². The van der Waals surface area contributed by atoms with E-state index in [0.29, 0.717) is 6.54 Å². The molecule has 1 aliphatic heterocycles. The minimum atomic E-state index is -0.345. The molecule has 92 valence electrons. The van der Waals surface area contributed by atoms with Crippen molar-refractivity contribution in [3.05, 3.63) is 30.1 Å². The Hall–Kier alpha value is -1.42. The maximum absolute atomic E-state index is 12.2. The first-order valence-electron chi connectivity index (χ1n) is 6.19. The first-order chi connectivity index (χ1) is 8.27. The summed E-state index contributed by atoms with van der Waals surface area (Å²) in [7, 11) is 0. The summed E-state index contributed by atoms with van der Waals surface area (Å²) in [6.07, 6.45) is 6.36. The molecule has 1 saturated heterocycles. The molecule has 0 aromatic carbocycles. The van der Waals surface area contributed by atoms with Gasteiger partial charge >= 0.3 is 0 Å². The zero-order valence-electron chi connectivity index (χ0n) is 10.2. The van der Waals surface area contributed by atoms with Crippen molar-refractivity contribution in [2.75, 3.05) is 6.54 Å². The van der Waals surface area contributed by atoms with Crippen molar-refractivity contribution in [2.45, 2.75) is 38.3 Å². The number of hydrogen-bond acceptors (Lipinski definition) is 3. The summed E-state index contributed by atoms with van der Waals surface area (Å²) in [6, 6.07) is 3.85. The maximum atomic E-state index is 12.2. The minimum Gasteiger partial charge on any atom is -0.350 e.